The van der Waals surface area contributed by atoms with Gasteiger partial charge in [0.1, 0.15) is 16.9 Å². The molecule has 0 unspecified atom stereocenters. The van der Waals surface area contributed by atoms with Gasteiger partial charge < -0.3 is 34.2 Å². The minimum Gasteiger partial charge on any atom is -0.496 e. The van der Waals surface area contributed by atoms with Crippen LogP contribution in [0.15, 0.2) is 51.7 Å². The van der Waals surface area contributed by atoms with Gasteiger partial charge in [-0.05, 0) is 44.2 Å². The lowest BCUT2D eigenvalue weighted by Gasteiger charge is -2.21. The van der Waals surface area contributed by atoms with E-state index in [4.69, 9.17) is 18.6 Å². The summed E-state index contributed by atoms with van der Waals surface area (Å²) in [6.07, 6.45) is 2.93. The van der Waals surface area contributed by atoms with Gasteiger partial charge in [-0.2, -0.15) is 0 Å². The number of amides is 2. The number of nitrogens with zero attached hydrogens (tertiary/aromatic N) is 1. The van der Waals surface area contributed by atoms with Gasteiger partial charge in [0.15, 0.2) is 11.5 Å². The highest BCUT2D eigenvalue weighted by Crippen LogP contribution is 2.35. The molecule has 3 rings (SSSR count). The molecule has 2 N–H and O–H groups in total. The largest absolute Gasteiger partial charge is 0.496 e. The number of methoxy groups -OCH3 is 3. The lowest BCUT2D eigenvalue weighted by molar-refractivity contribution is -0.116. The van der Waals surface area contributed by atoms with Gasteiger partial charge in [-0.25, -0.2) is 4.79 Å². The molecule has 0 saturated heterocycles. The van der Waals surface area contributed by atoms with Crippen molar-refractivity contribution in [1.82, 2.24) is 10.6 Å². The molecule has 0 bridgehead atoms. The fourth-order valence-corrected chi connectivity index (χ4v) is 3.91. The number of benzene rings is 2. The maximum atomic E-state index is 12.6. The van der Waals surface area contributed by atoms with Crippen molar-refractivity contribution in [3.05, 3.63) is 64.0 Å². The Balaban J connectivity index is 1.58. The highest BCUT2D eigenvalue weighted by molar-refractivity contribution is 5.97. The highest BCUT2D eigenvalue weighted by Gasteiger charge is 2.15. The normalized spacial score (nSPS) is 10.9. The number of rotatable bonds is 12. The van der Waals surface area contributed by atoms with Crippen LogP contribution in [0.1, 0.15) is 29.8 Å². The highest BCUT2D eigenvalue weighted by atomic mass is 16.5. The molecule has 0 fully saturated rings. The van der Waals surface area contributed by atoms with E-state index in [0.717, 1.165) is 18.8 Å². The molecule has 0 atom stereocenters. The number of nitrogens with one attached hydrogen (secondary N) is 2. The fraction of sp³-hybridized carbons (Fsp3) is 0.321. The van der Waals surface area contributed by atoms with E-state index in [-0.39, 0.29) is 24.6 Å². The average molecular weight is 524 g/mol. The molecule has 10 nitrogen and oxygen atoms in total. The summed E-state index contributed by atoms with van der Waals surface area (Å²) in [5.41, 5.74) is 1.17. The summed E-state index contributed by atoms with van der Waals surface area (Å²) in [6.45, 7) is 6.02. The van der Waals surface area contributed by atoms with Gasteiger partial charge in [-0.1, -0.05) is 0 Å². The van der Waals surface area contributed by atoms with Gasteiger partial charge in [0, 0.05) is 61.0 Å². The lowest BCUT2D eigenvalue weighted by Crippen LogP contribution is -2.35. The van der Waals surface area contributed by atoms with Crippen LogP contribution < -0.4 is 35.4 Å². The van der Waals surface area contributed by atoms with E-state index in [0.29, 0.717) is 33.8 Å². The summed E-state index contributed by atoms with van der Waals surface area (Å²) in [5, 5.41) is 5.96. The molecule has 1 aromatic heterocycles. The number of carbonyl (C=O) groups excluding carboxylic acids is 2. The zero-order valence-electron chi connectivity index (χ0n) is 22.3. The fourth-order valence-electron chi connectivity index (χ4n) is 3.91. The van der Waals surface area contributed by atoms with Gasteiger partial charge >= 0.3 is 5.63 Å². The second kappa shape index (κ2) is 13.2. The molecule has 38 heavy (non-hydrogen) atoms. The summed E-state index contributed by atoms with van der Waals surface area (Å²) in [5.74, 6) is 0.571. The van der Waals surface area contributed by atoms with Crippen LogP contribution in [-0.4, -0.2) is 59.3 Å². The molecular weight excluding hydrogens is 490 g/mol. The third-order valence-electron chi connectivity index (χ3n) is 5.95. The Morgan fingerprint density at radius 1 is 0.895 bits per heavy atom. The van der Waals surface area contributed by atoms with E-state index < -0.39 is 11.5 Å². The van der Waals surface area contributed by atoms with Crippen LogP contribution in [0.5, 0.6) is 17.2 Å². The summed E-state index contributed by atoms with van der Waals surface area (Å²) in [7, 11) is 4.56. The van der Waals surface area contributed by atoms with Gasteiger partial charge in [0.05, 0.1) is 21.3 Å². The van der Waals surface area contributed by atoms with Crippen LogP contribution >= 0.6 is 0 Å². The number of carbonyl (C=O) groups is 2. The molecule has 202 valence electrons. The van der Waals surface area contributed by atoms with E-state index in [2.05, 4.69) is 15.5 Å². The summed E-state index contributed by atoms with van der Waals surface area (Å²) in [6, 6.07) is 10.4. The van der Waals surface area contributed by atoms with Crippen LogP contribution in [0, 0.1) is 0 Å². The van der Waals surface area contributed by atoms with Gasteiger partial charge in [-0.3, -0.25) is 9.59 Å². The van der Waals surface area contributed by atoms with Crippen LogP contribution in [0.4, 0.5) is 5.69 Å². The third-order valence-corrected chi connectivity index (χ3v) is 5.95. The molecule has 0 aliphatic heterocycles. The van der Waals surface area contributed by atoms with E-state index in [1.165, 1.54) is 33.5 Å². The van der Waals surface area contributed by atoms with Crippen LogP contribution in [0.3, 0.4) is 0 Å². The summed E-state index contributed by atoms with van der Waals surface area (Å²) < 4.78 is 21.3. The minimum absolute atomic E-state index is 0.0974. The molecule has 10 heteroatoms. The van der Waals surface area contributed by atoms with Crippen LogP contribution in [-0.2, 0) is 4.79 Å². The Bertz CT molecular complexity index is 1380. The molecule has 0 radical (unpaired) electrons. The monoisotopic (exact) mass is 523 g/mol. The molecule has 2 amide bonds. The van der Waals surface area contributed by atoms with Gasteiger partial charge in [0.2, 0.25) is 5.91 Å². The van der Waals surface area contributed by atoms with Crippen molar-refractivity contribution in [3.63, 3.8) is 0 Å². The van der Waals surface area contributed by atoms with E-state index in [1.807, 2.05) is 26.0 Å². The molecular formula is C28H33N3O7. The molecule has 0 aliphatic carbocycles. The van der Waals surface area contributed by atoms with Crippen molar-refractivity contribution in [1.29, 1.82) is 0 Å². The number of fused-ring (bicyclic) bond motifs is 1. The summed E-state index contributed by atoms with van der Waals surface area (Å²) in [4.78, 5) is 39.4. The van der Waals surface area contributed by atoms with Crippen LogP contribution in [0.25, 0.3) is 17.0 Å². The van der Waals surface area contributed by atoms with Crippen molar-refractivity contribution >= 4 is 34.5 Å². The predicted molar refractivity (Wildman–Crippen MR) is 147 cm³/mol. The second-order valence-electron chi connectivity index (χ2n) is 8.17. The zero-order valence-corrected chi connectivity index (χ0v) is 22.3. The van der Waals surface area contributed by atoms with Crippen molar-refractivity contribution in [2.45, 2.75) is 13.8 Å². The first-order valence-corrected chi connectivity index (χ1v) is 12.2. The van der Waals surface area contributed by atoms with E-state index in [9.17, 15) is 14.4 Å². The first kappa shape index (κ1) is 28.1. The van der Waals surface area contributed by atoms with Crippen molar-refractivity contribution in [2.24, 2.45) is 0 Å². The Morgan fingerprint density at radius 2 is 1.55 bits per heavy atom. The Labute approximate surface area is 221 Å². The van der Waals surface area contributed by atoms with E-state index in [1.54, 1.807) is 24.3 Å². The molecule has 0 saturated carbocycles. The maximum absolute atomic E-state index is 12.6. The lowest BCUT2D eigenvalue weighted by atomic mass is 10.1. The second-order valence-corrected chi connectivity index (χ2v) is 8.17. The standard InChI is InChI=1S/C28H33N3O7/c1-6-31(7-2)20-10-8-18-14-21(28(34)38-23(18)16-20)27(33)30-13-12-29-26(32)11-9-19-15-24(36-4)25(37-5)17-22(19)35-3/h8-11,14-17H,6-7,12-13H2,1-5H3,(H,29,32)(H,30,33)/b11-9+. The summed E-state index contributed by atoms with van der Waals surface area (Å²) >= 11 is 0. The molecule has 0 aliphatic rings. The topological polar surface area (TPSA) is 119 Å². The van der Waals surface area contributed by atoms with Gasteiger partial charge in [-0.15, -0.1) is 0 Å². The van der Waals surface area contributed by atoms with E-state index >= 15 is 0 Å². The SMILES string of the molecule is CCN(CC)c1ccc2cc(C(=O)NCCNC(=O)/C=C/c3cc(OC)c(OC)cc3OC)c(=O)oc2c1. The first-order valence-electron chi connectivity index (χ1n) is 12.2. The maximum Gasteiger partial charge on any atom is 0.349 e. The number of ether oxygens (including phenoxy) is 3. The zero-order chi connectivity index (χ0) is 27.7. The molecule has 1 heterocycles. The average Bonchev–Trinajstić information content (AvgIpc) is 2.93. The number of anilines is 1. The van der Waals surface area contributed by atoms with Crippen molar-refractivity contribution in [2.75, 3.05) is 52.4 Å². The van der Waals surface area contributed by atoms with Crippen molar-refractivity contribution < 1.29 is 28.2 Å². The smallest absolute Gasteiger partial charge is 0.349 e. The first-order chi connectivity index (χ1) is 18.3. The van der Waals surface area contributed by atoms with Gasteiger partial charge in [0.25, 0.3) is 5.91 Å². The predicted octanol–water partition coefficient (Wildman–Crippen LogP) is 3.22. The molecule has 3 aromatic rings. The Kier molecular flexibility index (Phi) is 9.75. The number of hydrogen-bond acceptors (Lipinski definition) is 8. The molecule has 2 aromatic carbocycles. The third kappa shape index (κ3) is 6.64. The number of hydrogen-bond donors (Lipinski definition) is 2. The Morgan fingerprint density at radius 3 is 2.21 bits per heavy atom. The quantitative estimate of drug-likeness (QED) is 0.211. The van der Waals surface area contributed by atoms with Crippen molar-refractivity contribution in [3.8, 4) is 17.2 Å². The minimum atomic E-state index is -0.720. The molecule has 0 spiro atoms. The van der Waals surface area contributed by atoms with Crippen LogP contribution in [0.2, 0.25) is 0 Å². The Hall–Kier alpha value is -4.47.